The van der Waals surface area contributed by atoms with Gasteiger partial charge in [-0.3, -0.25) is 0 Å². The van der Waals surface area contributed by atoms with Crippen LogP contribution in [0.25, 0.3) is 0 Å². The number of aromatic nitrogens is 1. The van der Waals surface area contributed by atoms with Crippen LogP contribution >= 0.6 is 0 Å². The van der Waals surface area contributed by atoms with Gasteiger partial charge in [-0.05, 0) is 31.9 Å². The number of hydrogen-bond acceptors (Lipinski definition) is 2. The fourth-order valence-corrected chi connectivity index (χ4v) is 2.07. The molecule has 84 valence electrons. The zero-order valence-electron chi connectivity index (χ0n) is 9.57. The highest BCUT2D eigenvalue weighted by molar-refractivity contribution is 5.06. The molecule has 2 atom stereocenters. The lowest BCUT2D eigenvalue weighted by molar-refractivity contribution is 0.0830. The van der Waals surface area contributed by atoms with E-state index in [0.29, 0.717) is 12.1 Å². The molecule has 0 bridgehead atoms. The topological polar surface area (TPSA) is 26.2 Å². The first-order chi connectivity index (χ1) is 7.27. The van der Waals surface area contributed by atoms with Crippen LogP contribution in [0.4, 0.5) is 0 Å². The normalized spacial score (nSPS) is 23.2. The van der Waals surface area contributed by atoms with E-state index in [4.69, 9.17) is 4.74 Å². The van der Waals surface area contributed by atoms with Gasteiger partial charge >= 0.3 is 0 Å². The van der Waals surface area contributed by atoms with Crippen molar-refractivity contribution in [3.05, 3.63) is 24.0 Å². The minimum absolute atomic E-state index is 0.408. The number of hydrogen-bond donors (Lipinski definition) is 1. The zero-order chi connectivity index (χ0) is 10.7. The Hall–Kier alpha value is -0.800. The van der Waals surface area contributed by atoms with Gasteiger partial charge in [0.1, 0.15) is 0 Å². The molecule has 1 aromatic rings. The summed E-state index contributed by atoms with van der Waals surface area (Å²) in [5, 5.41) is 3.52. The van der Waals surface area contributed by atoms with E-state index in [0.717, 1.165) is 13.2 Å². The Morgan fingerprint density at radius 1 is 1.67 bits per heavy atom. The molecule has 1 fully saturated rings. The number of aryl methyl sites for hydroxylation is 1. The van der Waals surface area contributed by atoms with Crippen LogP contribution in [0.15, 0.2) is 18.3 Å². The molecule has 1 aliphatic heterocycles. The van der Waals surface area contributed by atoms with Crippen molar-refractivity contribution >= 4 is 0 Å². The van der Waals surface area contributed by atoms with Crippen molar-refractivity contribution < 1.29 is 4.74 Å². The van der Waals surface area contributed by atoms with E-state index in [9.17, 15) is 0 Å². The summed E-state index contributed by atoms with van der Waals surface area (Å²) in [6, 6.07) is 4.67. The first kappa shape index (κ1) is 10.7. The van der Waals surface area contributed by atoms with E-state index >= 15 is 0 Å². The molecule has 0 saturated carbocycles. The molecule has 1 aliphatic rings. The van der Waals surface area contributed by atoms with Gasteiger partial charge in [0.15, 0.2) is 0 Å². The molecule has 1 saturated heterocycles. The molecule has 3 heteroatoms. The van der Waals surface area contributed by atoms with Crippen molar-refractivity contribution in [2.45, 2.75) is 38.5 Å². The fourth-order valence-electron chi connectivity index (χ4n) is 2.07. The molecule has 0 radical (unpaired) electrons. The summed E-state index contributed by atoms with van der Waals surface area (Å²) in [4.78, 5) is 0. The maximum Gasteiger partial charge on any atom is 0.0726 e. The second-order valence-electron chi connectivity index (χ2n) is 4.33. The average Bonchev–Trinajstić information content (AvgIpc) is 2.85. The lowest BCUT2D eigenvalue weighted by Gasteiger charge is -2.20. The van der Waals surface area contributed by atoms with Crippen LogP contribution < -0.4 is 5.32 Å². The predicted molar refractivity (Wildman–Crippen MR) is 60.7 cm³/mol. The Bertz CT molecular complexity index is 302. The molecule has 0 spiro atoms. The Balaban J connectivity index is 1.80. The van der Waals surface area contributed by atoms with E-state index in [2.05, 4.69) is 42.2 Å². The highest BCUT2D eigenvalue weighted by Gasteiger charge is 2.21. The summed E-state index contributed by atoms with van der Waals surface area (Å²) in [7, 11) is 2.08. The van der Waals surface area contributed by atoms with E-state index < -0.39 is 0 Å². The third-order valence-electron chi connectivity index (χ3n) is 3.18. The Kier molecular flexibility index (Phi) is 3.44. The smallest absolute Gasteiger partial charge is 0.0726 e. The second-order valence-corrected chi connectivity index (χ2v) is 4.33. The Morgan fingerprint density at radius 2 is 2.53 bits per heavy atom. The third-order valence-corrected chi connectivity index (χ3v) is 3.18. The first-order valence-electron chi connectivity index (χ1n) is 5.72. The maximum atomic E-state index is 5.65. The number of nitrogens with zero attached hydrogens (tertiary/aromatic N) is 1. The van der Waals surface area contributed by atoms with Crippen LogP contribution in [0.3, 0.4) is 0 Å². The molecular weight excluding hydrogens is 188 g/mol. The quantitative estimate of drug-likeness (QED) is 0.815. The number of rotatable bonds is 4. The van der Waals surface area contributed by atoms with Crippen LogP contribution in [0, 0.1) is 0 Å². The molecule has 1 N–H and O–H groups in total. The monoisotopic (exact) mass is 208 g/mol. The van der Waals surface area contributed by atoms with Crippen LogP contribution in [0.5, 0.6) is 0 Å². The molecule has 2 unspecified atom stereocenters. The molecular formula is C12H20N2O. The molecule has 0 aromatic carbocycles. The lowest BCUT2D eigenvalue weighted by atomic mass is 10.1. The van der Waals surface area contributed by atoms with E-state index in [1.165, 1.54) is 18.5 Å². The van der Waals surface area contributed by atoms with Crippen LogP contribution in [-0.4, -0.2) is 23.3 Å². The minimum Gasteiger partial charge on any atom is -0.377 e. The third kappa shape index (κ3) is 2.61. The van der Waals surface area contributed by atoms with Crippen molar-refractivity contribution in [1.29, 1.82) is 0 Å². The largest absolute Gasteiger partial charge is 0.377 e. The fraction of sp³-hybridized carbons (Fsp3) is 0.667. The van der Waals surface area contributed by atoms with Crippen LogP contribution in [0.1, 0.15) is 25.5 Å². The highest BCUT2D eigenvalue weighted by Crippen LogP contribution is 2.15. The van der Waals surface area contributed by atoms with Gasteiger partial charge in [-0.1, -0.05) is 0 Å². The Morgan fingerprint density at radius 3 is 3.13 bits per heavy atom. The molecule has 2 rings (SSSR count). The summed E-state index contributed by atoms with van der Waals surface area (Å²) in [5.41, 5.74) is 1.32. The molecule has 2 heterocycles. The van der Waals surface area contributed by atoms with E-state index in [1.807, 2.05) is 0 Å². The molecule has 1 aromatic heterocycles. The highest BCUT2D eigenvalue weighted by atomic mass is 16.5. The molecule has 15 heavy (non-hydrogen) atoms. The predicted octanol–water partition coefficient (Wildman–Crippen LogP) is 1.68. The number of ether oxygens (including phenoxy) is 1. The van der Waals surface area contributed by atoms with Crippen molar-refractivity contribution in [3.63, 3.8) is 0 Å². The summed E-state index contributed by atoms with van der Waals surface area (Å²) in [6.45, 7) is 4.06. The summed E-state index contributed by atoms with van der Waals surface area (Å²) in [6.07, 6.45) is 4.89. The van der Waals surface area contributed by atoms with Gasteiger partial charge in [-0.25, -0.2) is 0 Å². The van der Waals surface area contributed by atoms with Gasteiger partial charge in [0.2, 0.25) is 0 Å². The second kappa shape index (κ2) is 4.81. The maximum absolute atomic E-state index is 5.65. The van der Waals surface area contributed by atoms with Crippen LogP contribution in [-0.2, 0) is 18.3 Å². The summed E-state index contributed by atoms with van der Waals surface area (Å²) >= 11 is 0. The zero-order valence-corrected chi connectivity index (χ0v) is 9.57. The van der Waals surface area contributed by atoms with Gasteiger partial charge < -0.3 is 14.6 Å². The van der Waals surface area contributed by atoms with Crippen molar-refractivity contribution in [3.8, 4) is 0 Å². The van der Waals surface area contributed by atoms with Gasteiger partial charge in [0, 0.05) is 38.1 Å². The van der Waals surface area contributed by atoms with Crippen molar-refractivity contribution in [2.24, 2.45) is 7.05 Å². The average molecular weight is 208 g/mol. The first-order valence-corrected chi connectivity index (χ1v) is 5.72. The van der Waals surface area contributed by atoms with E-state index in [-0.39, 0.29) is 0 Å². The summed E-state index contributed by atoms with van der Waals surface area (Å²) in [5.74, 6) is 0. The summed E-state index contributed by atoms with van der Waals surface area (Å²) < 4.78 is 7.79. The standard InChI is InChI=1S/C12H20N2O/c1-10(12-6-4-8-15-12)13-9-11-5-3-7-14(11)2/h3,5,7,10,12-13H,4,6,8-9H2,1-2H3. The van der Waals surface area contributed by atoms with Gasteiger partial charge in [0.25, 0.3) is 0 Å². The van der Waals surface area contributed by atoms with E-state index in [1.54, 1.807) is 0 Å². The number of nitrogens with one attached hydrogen (secondary N) is 1. The minimum atomic E-state index is 0.408. The molecule has 0 aliphatic carbocycles. The van der Waals surface area contributed by atoms with Crippen molar-refractivity contribution in [2.75, 3.05) is 6.61 Å². The van der Waals surface area contributed by atoms with Gasteiger partial charge in [0.05, 0.1) is 6.10 Å². The van der Waals surface area contributed by atoms with Gasteiger partial charge in [-0.15, -0.1) is 0 Å². The van der Waals surface area contributed by atoms with Gasteiger partial charge in [-0.2, -0.15) is 0 Å². The van der Waals surface area contributed by atoms with Crippen LogP contribution in [0.2, 0.25) is 0 Å². The molecule has 0 amide bonds. The van der Waals surface area contributed by atoms with Crippen molar-refractivity contribution in [1.82, 2.24) is 9.88 Å². The SMILES string of the molecule is CC(NCc1cccn1C)C1CCCO1. The molecule has 3 nitrogen and oxygen atoms in total. The lowest BCUT2D eigenvalue weighted by Crippen LogP contribution is -2.36. The Labute approximate surface area is 91.4 Å².